The summed E-state index contributed by atoms with van der Waals surface area (Å²) >= 11 is 19.4. The van der Waals surface area contributed by atoms with E-state index in [1.165, 1.54) is 31.5 Å². The van der Waals surface area contributed by atoms with Gasteiger partial charge in [0.25, 0.3) is 11.8 Å². The summed E-state index contributed by atoms with van der Waals surface area (Å²) in [4.78, 5) is 55.0. The molecule has 14 heteroatoms. The van der Waals surface area contributed by atoms with Crippen LogP contribution in [0.15, 0.2) is 35.8 Å². The number of carbonyl (C=O) groups is 4. The van der Waals surface area contributed by atoms with Crippen LogP contribution in [-0.4, -0.2) is 47.3 Å². The number of rotatable bonds is 7. The van der Waals surface area contributed by atoms with Crippen LogP contribution in [-0.2, 0) is 11.3 Å². The monoisotopic (exact) mass is 567 g/mol. The number of thiophene rings is 1. The summed E-state index contributed by atoms with van der Waals surface area (Å²) in [6, 6.07) is 5.34. The number of nitrogens with zero attached hydrogens (tertiary/aromatic N) is 2. The van der Waals surface area contributed by atoms with Gasteiger partial charge in [-0.25, -0.2) is 9.78 Å². The molecule has 4 rings (SSSR count). The number of amides is 5. The van der Waals surface area contributed by atoms with E-state index in [1.807, 2.05) is 0 Å². The minimum Gasteiger partial charge on any atom is -0.494 e. The van der Waals surface area contributed by atoms with Gasteiger partial charge in [-0.05, 0) is 23.6 Å². The topological polar surface area (TPSA) is 130 Å². The molecule has 1 saturated heterocycles. The van der Waals surface area contributed by atoms with Crippen LogP contribution in [0, 0.1) is 0 Å². The fourth-order valence-electron chi connectivity index (χ4n) is 3.28. The number of nitrogens with one attached hydrogen (secondary N) is 3. The summed E-state index contributed by atoms with van der Waals surface area (Å²) in [6.45, 7) is -0.181. The summed E-state index contributed by atoms with van der Waals surface area (Å²) in [5.41, 5.74) is 0.488. The molecule has 3 heterocycles. The van der Waals surface area contributed by atoms with Crippen LogP contribution in [0.25, 0.3) is 0 Å². The van der Waals surface area contributed by atoms with Crippen molar-refractivity contribution in [2.24, 2.45) is 0 Å². The highest BCUT2D eigenvalue weighted by molar-refractivity contribution is 7.13. The quantitative estimate of drug-likeness (QED) is 0.355. The number of hydrogen-bond acceptors (Lipinski definition) is 7. The predicted octanol–water partition coefficient (Wildman–Crippen LogP) is 4.67. The third-order valence-electron chi connectivity index (χ3n) is 5.01. The first-order valence-corrected chi connectivity index (χ1v) is 12.1. The minimum absolute atomic E-state index is 0.0108. The van der Waals surface area contributed by atoms with Gasteiger partial charge in [0.15, 0.2) is 0 Å². The highest BCUT2D eigenvalue weighted by Crippen LogP contribution is 2.35. The summed E-state index contributed by atoms with van der Waals surface area (Å²) in [5, 5.41) is 9.94. The zero-order chi connectivity index (χ0) is 26.0. The molecule has 36 heavy (non-hydrogen) atoms. The number of halogens is 3. The number of urea groups is 1. The van der Waals surface area contributed by atoms with Crippen molar-refractivity contribution in [3.63, 3.8) is 0 Å². The van der Waals surface area contributed by atoms with Crippen molar-refractivity contribution in [1.29, 1.82) is 0 Å². The number of aromatic nitrogens is 1. The third kappa shape index (κ3) is 5.39. The highest BCUT2D eigenvalue weighted by atomic mass is 35.5. The number of hydrogen-bond donors (Lipinski definition) is 3. The number of carbonyl (C=O) groups excluding carboxylic acids is 4. The van der Waals surface area contributed by atoms with Crippen molar-refractivity contribution in [2.75, 3.05) is 24.3 Å². The molecular formula is C22H16Cl3N5O5S. The minimum atomic E-state index is -0.632. The van der Waals surface area contributed by atoms with E-state index in [0.29, 0.717) is 10.6 Å². The number of methoxy groups -OCH3 is 1. The predicted molar refractivity (Wildman–Crippen MR) is 136 cm³/mol. The maximum atomic E-state index is 13.1. The maximum Gasteiger partial charge on any atom is 0.324 e. The van der Waals surface area contributed by atoms with Gasteiger partial charge in [0.2, 0.25) is 5.91 Å². The van der Waals surface area contributed by atoms with E-state index in [4.69, 9.17) is 39.5 Å². The Balaban J connectivity index is 1.60. The molecule has 0 radical (unpaired) electrons. The third-order valence-corrected chi connectivity index (χ3v) is 7.02. The van der Waals surface area contributed by atoms with Crippen LogP contribution in [0.5, 0.6) is 5.75 Å². The van der Waals surface area contributed by atoms with Crippen molar-refractivity contribution < 1.29 is 23.9 Å². The Morgan fingerprint density at radius 2 is 1.92 bits per heavy atom. The van der Waals surface area contributed by atoms with E-state index in [9.17, 15) is 19.2 Å². The van der Waals surface area contributed by atoms with E-state index in [1.54, 1.807) is 11.4 Å². The van der Waals surface area contributed by atoms with E-state index in [2.05, 4.69) is 20.9 Å². The molecule has 10 nitrogen and oxygen atoms in total. The smallest absolute Gasteiger partial charge is 0.324 e. The molecule has 1 fully saturated rings. The van der Waals surface area contributed by atoms with Crippen LogP contribution in [0.1, 0.15) is 25.6 Å². The van der Waals surface area contributed by atoms with Gasteiger partial charge in [-0.3, -0.25) is 19.3 Å². The fraction of sp³-hybridized carbons (Fsp3) is 0.136. The Hall–Kier alpha value is -3.38. The van der Waals surface area contributed by atoms with Crippen LogP contribution in [0.3, 0.4) is 0 Å². The second kappa shape index (κ2) is 10.7. The first kappa shape index (κ1) is 25.7. The summed E-state index contributed by atoms with van der Waals surface area (Å²) in [5.74, 6) is -1.28. The molecule has 0 atom stereocenters. The van der Waals surface area contributed by atoms with Crippen LogP contribution in [0.2, 0.25) is 15.1 Å². The SMILES string of the molecule is COc1cc(Cl)cc(C(=O)Nc2ccc(Cl)cn2)c1NC(=O)c1scc(CN2C(=O)CNC2=O)c1Cl. The van der Waals surface area contributed by atoms with Crippen LogP contribution >= 0.6 is 46.1 Å². The van der Waals surface area contributed by atoms with Crippen molar-refractivity contribution >= 4 is 81.4 Å². The summed E-state index contributed by atoms with van der Waals surface area (Å²) in [7, 11) is 1.36. The Kier molecular flexibility index (Phi) is 7.65. The first-order chi connectivity index (χ1) is 17.2. The van der Waals surface area contributed by atoms with Gasteiger partial charge < -0.3 is 20.7 Å². The lowest BCUT2D eigenvalue weighted by molar-refractivity contribution is -0.125. The van der Waals surface area contributed by atoms with E-state index in [0.717, 1.165) is 16.2 Å². The van der Waals surface area contributed by atoms with Gasteiger partial charge in [-0.2, -0.15) is 0 Å². The molecule has 2 aromatic heterocycles. The standard InChI is InChI=1S/C22H16Cl3N5O5S/c1-35-14-5-12(24)4-13(20(32)28-15-3-2-11(23)6-26-15)18(14)29-21(33)19-17(25)10(9-36-19)8-30-16(31)7-27-22(30)34/h2-6,9H,7-8H2,1H3,(H,27,34)(H,29,33)(H,26,28,32). The van der Waals surface area contributed by atoms with Gasteiger partial charge >= 0.3 is 6.03 Å². The number of benzene rings is 1. The Labute approximate surface area is 223 Å². The molecular weight excluding hydrogens is 553 g/mol. The Bertz CT molecular complexity index is 1360. The molecule has 1 aromatic carbocycles. The maximum absolute atomic E-state index is 13.1. The van der Waals surface area contributed by atoms with Gasteiger partial charge in [-0.15, -0.1) is 11.3 Å². The summed E-state index contributed by atoms with van der Waals surface area (Å²) < 4.78 is 5.34. The van der Waals surface area contributed by atoms with E-state index in [-0.39, 0.29) is 50.8 Å². The summed E-state index contributed by atoms with van der Waals surface area (Å²) in [6.07, 6.45) is 1.37. The zero-order valence-electron chi connectivity index (χ0n) is 18.4. The van der Waals surface area contributed by atoms with Gasteiger partial charge in [0.1, 0.15) is 16.4 Å². The lowest BCUT2D eigenvalue weighted by Gasteiger charge is -2.15. The Morgan fingerprint density at radius 1 is 1.14 bits per heavy atom. The fourth-order valence-corrected chi connectivity index (χ4v) is 4.84. The van der Waals surface area contributed by atoms with Gasteiger partial charge in [0, 0.05) is 22.8 Å². The zero-order valence-corrected chi connectivity index (χ0v) is 21.4. The number of imide groups is 1. The number of anilines is 2. The lowest BCUT2D eigenvalue weighted by atomic mass is 10.1. The van der Waals surface area contributed by atoms with Crippen molar-refractivity contribution in [1.82, 2.24) is 15.2 Å². The molecule has 3 aromatic rings. The van der Waals surface area contributed by atoms with E-state index < -0.39 is 23.8 Å². The molecule has 1 aliphatic rings. The lowest BCUT2D eigenvalue weighted by Crippen LogP contribution is -2.30. The molecule has 1 aliphatic heterocycles. The highest BCUT2D eigenvalue weighted by Gasteiger charge is 2.30. The molecule has 0 unspecified atom stereocenters. The molecule has 5 amide bonds. The normalized spacial score (nSPS) is 12.9. The van der Waals surface area contributed by atoms with Crippen molar-refractivity contribution in [3.05, 3.63) is 66.9 Å². The number of ether oxygens (including phenoxy) is 1. The molecule has 0 bridgehead atoms. The average Bonchev–Trinajstić information content (AvgIpc) is 3.37. The van der Waals surface area contributed by atoms with Crippen molar-refractivity contribution in [2.45, 2.75) is 6.54 Å². The molecule has 0 saturated carbocycles. The van der Waals surface area contributed by atoms with Gasteiger partial charge in [-0.1, -0.05) is 34.8 Å². The Morgan fingerprint density at radius 3 is 2.56 bits per heavy atom. The largest absolute Gasteiger partial charge is 0.494 e. The van der Waals surface area contributed by atoms with Crippen molar-refractivity contribution in [3.8, 4) is 5.75 Å². The molecule has 0 spiro atoms. The van der Waals surface area contributed by atoms with Crippen LogP contribution < -0.4 is 20.7 Å². The molecule has 0 aliphatic carbocycles. The average molecular weight is 569 g/mol. The second-order valence-electron chi connectivity index (χ2n) is 7.34. The molecule has 186 valence electrons. The molecule has 3 N–H and O–H groups in total. The van der Waals surface area contributed by atoms with Gasteiger partial charge in [0.05, 0.1) is 41.5 Å². The van der Waals surface area contributed by atoms with E-state index >= 15 is 0 Å². The van der Waals surface area contributed by atoms with Crippen LogP contribution in [0.4, 0.5) is 16.3 Å². The number of pyridine rings is 1. The second-order valence-corrected chi connectivity index (χ2v) is 9.47. The first-order valence-electron chi connectivity index (χ1n) is 10.1.